The molecule has 0 saturated heterocycles. The van der Waals surface area contributed by atoms with Gasteiger partial charge in [0.15, 0.2) is 11.5 Å². The average molecular weight is 379 g/mol. The van der Waals surface area contributed by atoms with Gasteiger partial charge in [-0.3, -0.25) is 4.52 Å². The first-order valence-corrected chi connectivity index (χ1v) is 9.47. The number of nitrogens with one attached hydrogen (secondary N) is 2. The number of fused-ring (bicyclic) bond motifs is 1. The van der Waals surface area contributed by atoms with Gasteiger partial charge >= 0.3 is 15.6 Å². The summed E-state index contributed by atoms with van der Waals surface area (Å²) in [6, 6.07) is 0. The Balaban J connectivity index is 1.87. The maximum Gasteiger partial charge on any atom is 0.481 e. The molecule has 0 saturated carbocycles. The lowest BCUT2D eigenvalue weighted by Gasteiger charge is -2.12. The van der Waals surface area contributed by atoms with E-state index in [9.17, 15) is 9.13 Å². The van der Waals surface area contributed by atoms with E-state index in [1.54, 1.807) is 13.0 Å². The Hall–Kier alpha value is -1.65. The summed E-state index contributed by atoms with van der Waals surface area (Å²) in [5, 5.41) is 3.00. The molecule has 2 rings (SSSR count). The standard InChI is InChI=1S/C10H15N5O7P2/c1-7(4-21-24(19,20)22-23(16,17)18)2-3-11-9-8-10(13-5-12-8)15-6-14-9/h2,5-6H,3-4H2,1H3,(H,19,20)(H2,16,17,18)(H2,11,12,13,14,15)/b7-2+. The number of phosphoric ester groups is 1. The molecule has 0 bridgehead atoms. The van der Waals surface area contributed by atoms with Crippen molar-refractivity contribution in [3.05, 3.63) is 24.3 Å². The maximum absolute atomic E-state index is 11.3. The quantitative estimate of drug-likeness (QED) is 0.325. The van der Waals surface area contributed by atoms with Gasteiger partial charge in [0.25, 0.3) is 0 Å². The normalized spacial score (nSPS) is 15.4. The zero-order valence-corrected chi connectivity index (χ0v) is 14.1. The molecule has 1 unspecified atom stereocenters. The number of nitrogens with zero attached hydrogens (tertiary/aromatic N) is 3. The molecule has 0 aliphatic heterocycles. The van der Waals surface area contributed by atoms with Gasteiger partial charge in [-0.1, -0.05) is 6.08 Å². The van der Waals surface area contributed by atoms with Crippen molar-refractivity contribution in [1.29, 1.82) is 0 Å². The molecule has 2 heterocycles. The first kappa shape index (κ1) is 18.7. The third-order valence-corrected chi connectivity index (χ3v) is 4.74. The molecule has 2 aromatic rings. The smallest absolute Gasteiger partial charge is 0.365 e. The second kappa shape index (κ2) is 7.49. The SMILES string of the molecule is C/C(=C\CNc1ncnc2nc[nH]c12)COP(=O)(O)OP(=O)(O)O. The van der Waals surface area contributed by atoms with Crippen molar-refractivity contribution >= 4 is 32.6 Å². The van der Waals surface area contributed by atoms with Crippen LogP contribution in [0.5, 0.6) is 0 Å². The van der Waals surface area contributed by atoms with Crippen LogP contribution in [0.25, 0.3) is 11.2 Å². The van der Waals surface area contributed by atoms with Gasteiger partial charge in [-0.2, -0.15) is 4.31 Å². The lowest BCUT2D eigenvalue weighted by Crippen LogP contribution is -2.04. The topological polar surface area (TPSA) is 180 Å². The highest BCUT2D eigenvalue weighted by atomic mass is 31.3. The summed E-state index contributed by atoms with van der Waals surface area (Å²) in [6.45, 7) is 1.57. The zero-order valence-electron chi connectivity index (χ0n) is 12.4. The highest BCUT2D eigenvalue weighted by Gasteiger charge is 2.32. The van der Waals surface area contributed by atoms with Crippen LogP contribution < -0.4 is 5.32 Å². The van der Waals surface area contributed by atoms with E-state index < -0.39 is 15.6 Å². The van der Waals surface area contributed by atoms with Gasteiger partial charge in [0.05, 0.1) is 12.9 Å². The Bertz CT molecular complexity index is 832. The minimum atomic E-state index is -5.12. The van der Waals surface area contributed by atoms with Crippen LogP contribution in [0, 0.1) is 0 Å². The van der Waals surface area contributed by atoms with Gasteiger partial charge in [-0.25, -0.2) is 24.1 Å². The van der Waals surface area contributed by atoms with E-state index in [1.165, 1.54) is 12.7 Å². The minimum Gasteiger partial charge on any atom is -0.365 e. The summed E-state index contributed by atoms with van der Waals surface area (Å²) in [4.78, 5) is 41.0. The summed E-state index contributed by atoms with van der Waals surface area (Å²) in [6.07, 6.45) is 4.48. The highest BCUT2D eigenvalue weighted by Crippen LogP contribution is 2.57. The number of hydrogen-bond acceptors (Lipinski definition) is 8. The summed E-state index contributed by atoms with van der Waals surface area (Å²) >= 11 is 0. The second-order valence-electron chi connectivity index (χ2n) is 4.57. The zero-order chi connectivity index (χ0) is 17.8. The number of aromatic amines is 1. The number of imidazole rings is 1. The summed E-state index contributed by atoms with van der Waals surface area (Å²) in [5.41, 5.74) is 1.67. The van der Waals surface area contributed by atoms with Gasteiger partial charge in [0, 0.05) is 6.54 Å². The molecule has 12 nitrogen and oxygen atoms in total. The van der Waals surface area contributed by atoms with Crippen LogP contribution in [-0.2, 0) is 18.0 Å². The fourth-order valence-corrected chi connectivity index (χ4v) is 3.25. The Labute approximate surface area is 135 Å². The average Bonchev–Trinajstić information content (AvgIpc) is 2.92. The van der Waals surface area contributed by atoms with E-state index >= 15 is 0 Å². The number of H-pyrrole nitrogens is 1. The third kappa shape index (κ3) is 5.77. The van der Waals surface area contributed by atoms with Crippen molar-refractivity contribution in [2.24, 2.45) is 0 Å². The Morgan fingerprint density at radius 3 is 2.79 bits per heavy atom. The van der Waals surface area contributed by atoms with Crippen LogP contribution in [0.15, 0.2) is 24.3 Å². The van der Waals surface area contributed by atoms with Crippen molar-refractivity contribution in [2.75, 3.05) is 18.5 Å². The van der Waals surface area contributed by atoms with Gasteiger partial charge in [0.1, 0.15) is 11.8 Å². The van der Waals surface area contributed by atoms with Crippen LogP contribution in [-0.4, -0.2) is 47.8 Å². The lowest BCUT2D eigenvalue weighted by molar-refractivity contribution is 0.188. The Kier molecular flexibility index (Phi) is 5.83. The Morgan fingerprint density at radius 1 is 1.33 bits per heavy atom. The molecule has 24 heavy (non-hydrogen) atoms. The van der Waals surface area contributed by atoms with Crippen molar-refractivity contribution in [2.45, 2.75) is 6.92 Å². The van der Waals surface area contributed by atoms with E-state index in [-0.39, 0.29) is 6.61 Å². The van der Waals surface area contributed by atoms with Gasteiger partial charge in [-0.15, -0.1) is 0 Å². The number of phosphoric acid groups is 2. The molecule has 14 heteroatoms. The molecule has 0 fully saturated rings. The molecule has 0 amide bonds. The molecular formula is C10H15N5O7P2. The maximum atomic E-state index is 11.3. The fraction of sp³-hybridized carbons (Fsp3) is 0.300. The molecule has 1 atom stereocenters. The summed E-state index contributed by atoms with van der Waals surface area (Å²) in [5.74, 6) is 0.528. The molecule has 0 spiro atoms. The predicted molar refractivity (Wildman–Crippen MR) is 82.8 cm³/mol. The largest absolute Gasteiger partial charge is 0.481 e. The van der Waals surface area contributed by atoms with E-state index in [0.29, 0.717) is 29.1 Å². The first-order chi connectivity index (χ1) is 11.2. The fourth-order valence-electron chi connectivity index (χ4n) is 1.62. The monoisotopic (exact) mass is 379 g/mol. The van der Waals surface area contributed by atoms with Crippen LogP contribution in [0.2, 0.25) is 0 Å². The molecule has 0 aliphatic rings. The van der Waals surface area contributed by atoms with Gasteiger partial charge in [0.2, 0.25) is 0 Å². The second-order valence-corrected chi connectivity index (χ2v) is 7.40. The minimum absolute atomic E-state index is 0.315. The van der Waals surface area contributed by atoms with Crippen molar-refractivity contribution < 1.29 is 32.6 Å². The molecule has 132 valence electrons. The van der Waals surface area contributed by atoms with Gasteiger partial charge in [-0.05, 0) is 12.5 Å². The predicted octanol–water partition coefficient (Wildman–Crippen LogP) is 0.937. The van der Waals surface area contributed by atoms with Crippen LogP contribution in [0.4, 0.5) is 5.82 Å². The Morgan fingerprint density at radius 2 is 2.08 bits per heavy atom. The van der Waals surface area contributed by atoms with Gasteiger partial charge < -0.3 is 25.0 Å². The number of rotatable bonds is 8. The molecule has 0 radical (unpaired) electrons. The van der Waals surface area contributed by atoms with Crippen LogP contribution >= 0.6 is 15.6 Å². The van der Waals surface area contributed by atoms with E-state index in [2.05, 4.69) is 34.1 Å². The summed E-state index contributed by atoms with van der Waals surface area (Å²) < 4.78 is 30.0. The van der Waals surface area contributed by atoms with Crippen molar-refractivity contribution in [3.8, 4) is 0 Å². The number of hydrogen-bond donors (Lipinski definition) is 5. The molecule has 0 aromatic carbocycles. The van der Waals surface area contributed by atoms with Crippen molar-refractivity contribution in [1.82, 2.24) is 19.9 Å². The first-order valence-electron chi connectivity index (χ1n) is 6.44. The lowest BCUT2D eigenvalue weighted by atomic mass is 10.3. The summed E-state index contributed by atoms with van der Waals surface area (Å²) in [7, 11) is -9.96. The van der Waals surface area contributed by atoms with E-state index in [4.69, 9.17) is 14.7 Å². The van der Waals surface area contributed by atoms with E-state index in [1.807, 2.05) is 0 Å². The molecule has 5 N–H and O–H groups in total. The number of aromatic nitrogens is 4. The van der Waals surface area contributed by atoms with Crippen LogP contribution in [0.1, 0.15) is 6.92 Å². The highest BCUT2D eigenvalue weighted by molar-refractivity contribution is 7.60. The molecule has 2 aromatic heterocycles. The molecular weight excluding hydrogens is 364 g/mol. The van der Waals surface area contributed by atoms with E-state index in [0.717, 1.165) is 0 Å². The molecule has 0 aliphatic carbocycles. The van der Waals surface area contributed by atoms with Crippen molar-refractivity contribution in [3.63, 3.8) is 0 Å². The number of anilines is 1. The third-order valence-electron chi connectivity index (χ3n) is 2.61. The van der Waals surface area contributed by atoms with Crippen LogP contribution in [0.3, 0.4) is 0 Å².